The van der Waals surface area contributed by atoms with Crippen LogP contribution in [0, 0.1) is 0 Å². The lowest BCUT2D eigenvalue weighted by Gasteiger charge is -2.25. The molecule has 1 rings (SSSR count). The van der Waals surface area contributed by atoms with E-state index < -0.39 is 0 Å². The quantitative estimate of drug-likeness (QED) is 0.234. The first-order chi connectivity index (χ1) is 12.0. The van der Waals surface area contributed by atoms with Gasteiger partial charge in [-0.3, -0.25) is 4.99 Å². The van der Waals surface area contributed by atoms with Crippen LogP contribution in [0.2, 0.25) is 0 Å². The van der Waals surface area contributed by atoms with E-state index >= 15 is 0 Å². The fraction of sp³-hybridized carbons (Fsp3) is 0.632. The Morgan fingerprint density at radius 2 is 1.77 bits per heavy atom. The number of hydrogen-bond donors (Lipinski definition) is 2. The number of nitrogens with zero attached hydrogens (tertiary/aromatic N) is 1. The molecule has 0 aliphatic rings. The van der Waals surface area contributed by atoms with Crippen LogP contribution in [-0.2, 0) is 10.2 Å². The zero-order chi connectivity index (χ0) is 18.7. The van der Waals surface area contributed by atoms with Gasteiger partial charge >= 0.3 is 0 Å². The van der Waals surface area contributed by atoms with Crippen LogP contribution >= 0.6 is 24.0 Å². The molecule has 0 radical (unpaired) electrons. The minimum Gasteiger partial charge on any atom is -0.493 e. The molecule has 0 amide bonds. The maximum absolute atomic E-state index is 5.41. The number of nitrogens with one attached hydrogen (secondary N) is 2. The first-order valence-electron chi connectivity index (χ1n) is 8.80. The molecule has 2 N–H and O–H groups in total. The van der Waals surface area contributed by atoms with Crippen molar-refractivity contribution < 1.29 is 14.2 Å². The van der Waals surface area contributed by atoms with Crippen LogP contribution in [0.3, 0.4) is 0 Å². The van der Waals surface area contributed by atoms with Crippen LogP contribution < -0.4 is 20.1 Å². The van der Waals surface area contributed by atoms with Crippen LogP contribution in [0.1, 0.15) is 33.3 Å². The number of aliphatic imine (C=N–C) groups is 1. The number of ether oxygens (including phenoxy) is 3. The third kappa shape index (κ3) is 7.99. The largest absolute Gasteiger partial charge is 0.493 e. The van der Waals surface area contributed by atoms with E-state index in [0.29, 0.717) is 13.2 Å². The normalized spacial score (nSPS) is 11.5. The SMILES string of the molecule is CCNC(=NCC(C)(C)c1ccc(OC)c(OC)c1)NCCOCC.I. The van der Waals surface area contributed by atoms with Gasteiger partial charge < -0.3 is 24.8 Å². The molecule has 0 aliphatic heterocycles. The molecule has 0 aromatic heterocycles. The average molecular weight is 479 g/mol. The molecule has 0 heterocycles. The van der Waals surface area contributed by atoms with Crippen molar-refractivity contribution >= 4 is 29.9 Å². The van der Waals surface area contributed by atoms with Gasteiger partial charge in [-0.1, -0.05) is 19.9 Å². The minimum absolute atomic E-state index is 0. The second kappa shape index (κ2) is 13.0. The molecule has 150 valence electrons. The molecule has 0 bridgehead atoms. The second-order valence-corrected chi connectivity index (χ2v) is 6.27. The zero-order valence-corrected chi connectivity index (χ0v) is 19.2. The highest BCUT2D eigenvalue weighted by molar-refractivity contribution is 14.0. The molecule has 0 unspecified atom stereocenters. The molecule has 7 heteroatoms. The summed E-state index contributed by atoms with van der Waals surface area (Å²) in [7, 11) is 3.29. The molecule has 6 nitrogen and oxygen atoms in total. The Bertz CT molecular complexity index is 551. The van der Waals surface area contributed by atoms with Gasteiger partial charge in [-0.05, 0) is 31.5 Å². The van der Waals surface area contributed by atoms with Crippen LogP contribution in [0.15, 0.2) is 23.2 Å². The molecule has 0 spiro atoms. The number of methoxy groups -OCH3 is 2. The Labute approximate surface area is 175 Å². The van der Waals surface area contributed by atoms with Crippen molar-refractivity contribution in [3.05, 3.63) is 23.8 Å². The fourth-order valence-corrected chi connectivity index (χ4v) is 2.35. The molecule has 1 aromatic rings. The van der Waals surface area contributed by atoms with E-state index in [4.69, 9.17) is 19.2 Å². The van der Waals surface area contributed by atoms with E-state index in [9.17, 15) is 0 Å². The lowest BCUT2D eigenvalue weighted by molar-refractivity contribution is 0.152. The highest BCUT2D eigenvalue weighted by atomic mass is 127. The lowest BCUT2D eigenvalue weighted by Crippen LogP contribution is -2.40. The number of halogens is 1. The van der Waals surface area contributed by atoms with Crippen molar-refractivity contribution in [2.24, 2.45) is 4.99 Å². The smallest absolute Gasteiger partial charge is 0.191 e. The van der Waals surface area contributed by atoms with Crippen LogP contribution in [0.4, 0.5) is 0 Å². The third-order valence-corrected chi connectivity index (χ3v) is 3.88. The van der Waals surface area contributed by atoms with Crippen LogP contribution in [0.5, 0.6) is 11.5 Å². The summed E-state index contributed by atoms with van der Waals surface area (Å²) in [4.78, 5) is 4.72. The Kier molecular flexibility index (Phi) is 12.4. The van der Waals surface area contributed by atoms with E-state index in [1.54, 1.807) is 14.2 Å². The molecule has 26 heavy (non-hydrogen) atoms. The fourth-order valence-electron chi connectivity index (χ4n) is 2.35. The topological polar surface area (TPSA) is 64.1 Å². The van der Waals surface area contributed by atoms with E-state index in [0.717, 1.165) is 42.7 Å². The Balaban J connectivity index is 0.00000625. The van der Waals surface area contributed by atoms with Gasteiger partial charge in [0.25, 0.3) is 0 Å². The number of hydrogen-bond acceptors (Lipinski definition) is 4. The predicted octanol–water partition coefficient (Wildman–Crippen LogP) is 3.19. The molecule has 1 aromatic carbocycles. The lowest BCUT2D eigenvalue weighted by atomic mass is 9.84. The Hall–Kier alpha value is -1.22. The number of benzene rings is 1. The monoisotopic (exact) mass is 479 g/mol. The van der Waals surface area contributed by atoms with Gasteiger partial charge in [0.05, 0.1) is 27.4 Å². The summed E-state index contributed by atoms with van der Waals surface area (Å²) >= 11 is 0. The van der Waals surface area contributed by atoms with Crippen molar-refractivity contribution in [3.8, 4) is 11.5 Å². The maximum Gasteiger partial charge on any atom is 0.191 e. The van der Waals surface area contributed by atoms with Crippen molar-refractivity contribution in [3.63, 3.8) is 0 Å². The van der Waals surface area contributed by atoms with Gasteiger partial charge in [0, 0.05) is 25.1 Å². The summed E-state index contributed by atoms with van der Waals surface area (Å²) < 4.78 is 16.1. The van der Waals surface area contributed by atoms with Gasteiger partial charge in [0.15, 0.2) is 17.5 Å². The molecule has 0 aliphatic carbocycles. The van der Waals surface area contributed by atoms with Crippen LogP contribution in [0.25, 0.3) is 0 Å². The summed E-state index contributed by atoms with van der Waals surface area (Å²) in [6.45, 7) is 12.0. The van der Waals surface area contributed by atoms with Crippen molar-refractivity contribution in [2.75, 3.05) is 47.1 Å². The van der Waals surface area contributed by atoms with E-state index in [1.165, 1.54) is 0 Å². The molecule has 0 fully saturated rings. The second-order valence-electron chi connectivity index (χ2n) is 6.27. The summed E-state index contributed by atoms with van der Waals surface area (Å²) in [5.41, 5.74) is 1.01. The van der Waals surface area contributed by atoms with Gasteiger partial charge in [-0.15, -0.1) is 24.0 Å². The van der Waals surface area contributed by atoms with E-state index in [-0.39, 0.29) is 29.4 Å². The first-order valence-corrected chi connectivity index (χ1v) is 8.80. The Morgan fingerprint density at radius 1 is 1.08 bits per heavy atom. The van der Waals surface area contributed by atoms with Crippen molar-refractivity contribution in [1.29, 1.82) is 0 Å². The van der Waals surface area contributed by atoms with Crippen molar-refractivity contribution in [1.82, 2.24) is 10.6 Å². The van der Waals surface area contributed by atoms with Crippen molar-refractivity contribution in [2.45, 2.75) is 33.1 Å². The standard InChI is InChI=1S/C19H33N3O3.HI/c1-7-20-18(21-11-12-25-8-2)22-14-19(3,4)15-9-10-16(23-5)17(13-15)24-6;/h9-10,13H,7-8,11-12,14H2,1-6H3,(H2,20,21,22);1H. The number of guanidine groups is 1. The third-order valence-electron chi connectivity index (χ3n) is 3.88. The average Bonchev–Trinajstić information content (AvgIpc) is 2.62. The predicted molar refractivity (Wildman–Crippen MR) is 118 cm³/mol. The minimum atomic E-state index is -0.137. The van der Waals surface area contributed by atoms with Gasteiger partial charge in [0.1, 0.15) is 0 Å². The summed E-state index contributed by atoms with van der Waals surface area (Å²) in [5.74, 6) is 2.27. The number of rotatable bonds is 10. The first kappa shape index (κ1) is 24.8. The molecule has 0 saturated carbocycles. The highest BCUT2D eigenvalue weighted by Crippen LogP contribution is 2.33. The maximum atomic E-state index is 5.41. The zero-order valence-electron chi connectivity index (χ0n) is 16.8. The van der Waals surface area contributed by atoms with Gasteiger partial charge in [-0.25, -0.2) is 0 Å². The van der Waals surface area contributed by atoms with Crippen LogP contribution in [-0.4, -0.2) is 53.0 Å². The summed E-state index contributed by atoms with van der Waals surface area (Å²) in [5, 5.41) is 6.55. The highest BCUT2D eigenvalue weighted by Gasteiger charge is 2.22. The van der Waals surface area contributed by atoms with E-state index in [2.05, 4.69) is 37.5 Å². The van der Waals surface area contributed by atoms with E-state index in [1.807, 2.05) is 19.1 Å². The molecular formula is C19H34IN3O3. The molecule has 0 atom stereocenters. The van der Waals surface area contributed by atoms with Gasteiger partial charge in [-0.2, -0.15) is 0 Å². The molecule has 0 saturated heterocycles. The molecular weight excluding hydrogens is 445 g/mol. The summed E-state index contributed by atoms with van der Waals surface area (Å²) in [6.07, 6.45) is 0. The van der Waals surface area contributed by atoms with Gasteiger partial charge in [0.2, 0.25) is 0 Å². The summed E-state index contributed by atoms with van der Waals surface area (Å²) in [6, 6.07) is 6.02. The Morgan fingerprint density at radius 3 is 2.35 bits per heavy atom.